The van der Waals surface area contributed by atoms with Crippen LogP contribution >= 0.6 is 0 Å². The van der Waals surface area contributed by atoms with E-state index >= 15 is 0 Å². The minimum Gasteiger partial charge on any atom is -0.457 e. The Kier molecular flexibility index (Phi) is 31.8. The molecule has 4 fully saturated rings. The first-order valence-corrected chi connectivity index (χ1v) is 40.6. The number of unbranched alkanes of at least 4 members (excludes halogenated alkanes) is 1. The van der Waals surface area contributed by atoms with Gasteiger partial charge in [-0.25, -0.2) is 23.9 Å². The van der Waals surface area contributed by atoms with Crippen LogP contribution in [-0.4, -0.2) is 238 Å². The molecule has 2 unspecified atom stereocenters. The van der Waals surface area contributed by atoms with Crippen LogP contribution < -0.4 is 0 Å². The van der Waals surface area contributed by atoms with Crippen molar-refractivity contribution < 1.29 is 100 Å². The van der Waals surface area contributed by atoms with Gasteiger partial charge in [0.25, 0.3) is 0 Å². The number of hydrogen-bond acceptors (Lipinski definition) is 25. The molecule has 24 atom stereocenters. The summed E-state index contributed by atoms with van der Waals surface area (Å²) in [6.07, 6.45) is -0.361. The van der Waals surface area contributed by atoms with Crippen molar-refractivity contribution in [1.29, 1.82) is 0 Å². The molecule has 5 aliphatic rings. The number of aromatic nitrogens is 3. The van der Waals surface area contributed by atoms with Crippen molar-refractivity contribution in [3.8, 4) is 0 Å². The maximum absolute atomic E-state index is 14.8. The van der Waals surface area contributed by atoms with Crippen molar-refractivity contribution in [2.24, 2.45) is 41.4 Å². The molecule has 4 aromatic rings. The average Bonchev–Trinajstić information content (AvgIpc) is 1.57. The van der Waals surface area contributed by atoms with Crippen LogP contribution in [0.25, 0.3) is 10.9 Å². The number of benzene rings is 2. The number of ketones is 4. The molecular weight excluding hydrogens is 1460 g/mol. The fourth-order valence-electron chi connectivity index (χ4n) is 17.7. The molecule has 0 radical (unpaired) electrons. The van der Waals surface area contributed by atoms with Gasteiger partial charge in [-0.1, -0.05) is 105 Å². The fourth-order valence-corrected chi connectivity index (χ4v) is 17.7. The van der Waals surface area contributed by atoms with Gasteiger partial charge in [0.05, 0.1) is 58.8 Å². The SMILES string of the molecule is CC[C@H]1OC(=O)[C@H](C)C(=O)[C@H](C)[C@@H](OC2O[C@H](C)C[C@H](N(C)C)[C@H]2O)[C@@](C)(OC)C[C@@H](C)C(=O)[C@H](C)[C@H]2N(CCCCc3ccc4ccccc4n3)C(=O)O[C@]12CC.CC[C@H]1OC(=O)[C@H](C)C(=O)[C@H](C)[C@@H](OC2O[C@H](C)C[C@H](N(C)C)[C@H]2OC(=O)c2ccccc2)[C@@](C)(OC)C[C@@H](C)C(=O)/C(C)=C/[C@]1(CC)OC(=O)n1ccnc1. The Morgan fingerprint density at radius 1 is 0.649 bits per heavy atom. The molecule has 0 bridgehead atoms. The number of aliphatic hydroxyl groups excluding tert-OH is 1. The molecule has 0 aliphatic carbocycles. The number of nitrogens with zero attached hydrogens (tertiary/aromatic N) is 6. The number of para-hydroxylation sites is 1. The number of likely N-dealkylation sites (N-methyl/N-ethyl adjacent to an activating group) is 2. The first kappa shape index (κ1) is 91.8. The van der Waals surface area contributed by atoms with E-state index < -0.39 is 161 Å². The molecule has 0 saturated carbocycles. The molecule has 1 amide bonds. The molecule has 27 heteroatoms. The third-order valence-electron chi connectivity index (χ3n) is 24.5. The quantitative estimate of drug-likeness (QED) is 0.0372. The van der Waals surface area contributed by atoms with Crippen molar-refractivity contribution in [1.82, 2.24) is 29.2 Å². The molecule has 2 aromatic heterocycles. The van der Waals surface area contributed by atoms with Gasteiger partial charge in [-0.15, -0.1) is 0 Å². The number of pyridine rings is 1. The molecule has 9 rings (SSSR count). The zero-order valence-corrected chi connectivity index (χ0v) is 71.0. The molecular formula is C87H126N6O21. The number of carbonyl (C=O) groups is 9. The number of fused-ring (bicyclic) bond motifs is 2. The first-order chi connectivity index (χ1) is 53.8. The van der Waals surface area contributed by atoms with Crippen LogP contribution in [0.4, 0.5) is 9.59 Å². The standard InChI is InChI=1S/C45H67N3O10.C42H59N3O11/c1-12-35-45(13-2)39(48(43(53)58-45)23-17-16-19-32-22-21-31-18-14-15-20-33(31)46-32)28(5)36(49)26(3)25-44(8,54-11)40(29(6)37(50)30(7)41(52)56-35)57-42-38(51)34(47(9)10)24-27(4)55-42;1-12-32-42(13-2,56-40(50)45-20-19-43-24-45)23-26(4)33(46)25(3)22-41(8,51-11)36(28(6)34(47)29(7)37(48)53-32)55-39-35(31(44(9)10)21-27(5)52-39)54-38(49)30-17-15-14-16-18-30/h14-15,18,20-22,26-30,34-35,38-40,42,51H,12-13,16-17,19,23-25H2,1-11H3;14-20,23-25,27-29,31-32,35-36,39H,12-13,21-22H2,1-11H3/b;26-23+/t26-,27-,28+,29+,30-,34+,35-,38-,39-,40-,42?,44+,45-;25-,27-,28+,29-,31+,32-,35-,36-,39?,41+,42+/m11/s1. The highest BCUT2D eigenvalue weighted by atomic mass is 16.7. The highest BCUT2D eigenvalue weighted by Gasteiger charge is 2.62. The summed E-state index contributed by atoms with van der Waals surface area (Å²) in [7, 11) is 10.5. The lowest BCUT2D eigenvalue weighted by atomic mass is 9.72. The molecule has 7 heterocycles. The monoisotopic (exact) mass is 1590 g/mol. The van der Waals surface area contributed by atoms with E-state index in [4.69, 9.17) is 57.1 Å². The number of ether oxygens (including phenoxy) is 11. The maximum atomic E-state index is 14.8. The second-order valence-electron chi connectivity index (χ2n) is 33.0. The van der Waals surface area contributed by atoms with Crippen LogP contribution in [0.3, 0.4) is 0 Å². The maximum Gasteiger partial charge on any atom is 0.420 e. The Balaban J connectivity index is 0.000000286. The summed E-state index contributed by atoms with van der Waals surface area (Å²) in [5.41, 5.74) is -2.99. The van der Waals surface area contributed by atoms with E-state index in [1.165, 1.54) is 46.8 Å². The highest BCUT2D eigenvalue weighted by molar-refractivity contribution is 6.01. The third-order valence-corrected chi connectivity index (χ3v) is 24.5. The molecule has 27 nitrogen and oxygen atoms in total. The van der Waals surface area contributed by atoms with Crippen molar-refractivity contribution >= 4 is 64.1 Å². The summed E-state index contributed by atoms with van der Waals surface area (Å²) in [5, 5.41) is 12.5. The first-order valence-electron chi connectivity index (χ1n) is 40.6. The normalized spacial score (nSPS) is 35.7. The summed E-state index contributed by atoms with van der Waals surface area (Å²) in [5.74, 6) is -10.1. The Morgan fingerprint density at radius 2 is 1.20 bits per heavy atom. The number of cyclic esters (lactones) is 2. The number of aryl methyl sites for hydroxylation is 1. The van der Waals surface area contributed by atoms with Crippen LogP contribution in [0.15, 0.2) is 97.1 Å². The highest BCUT2D eigenvalue weighted by Crippen LogP contribution is 2.46. The minimum absolute atomic E-state index is 0.0770. The zero-order chi connectivity index (χ0) is 84.2. The summed E-state index contributed by atoms with van der Waals surface area (Å²) in [4.78, 5) is 141. The van der Waals surface area contributed by atoms with Gasteiger partial charge in [-0.05, 0) is 183 Å². The lowest BCUT2D eigenvalue weighted by Gasteiger charge is -2.47. The smallest absolute Gasteiger partial charge is 0.420 e. The van der Waals surface area contributed by atoms with Crippen LogP contribution in [0.2, 0.25) is 0 Å². The van der Waals surface area contributed by atoms with Crippen LogP contribution in [0.1, 0.15) is 191 Å². The van der Waals surface area contributed by atoms with Crippen LogP contribution in [0.5, 0.6) is 0 Å². The molecule has 1 N–H and O–H groups in total. The fraction of sp³-hybridized carbons (Fsp3) is 0.667. The van der Waals surface area contributed by atoms with E-state index in [1.54, 1.807) is 96.7 Å². The number of Topliss-reactive ketones (excluding diaryl/α,β-unsaturated/α-hetero) is 4. The molecule has 0 spiro atoms. The number of hydrogen-bond donors (Lipinski definition) is 1. The number of aliphatic hydroxyl groups is 1. The topological polar surface area (TPSA) is 316 Å². The van der Waals surface area contributed by atoms with Gasteiger partial charge in [0, 0.05) is 79.9 Å². The van der Waals surface area contributed by atoms with Crippen molar-refractivity contribution in [2.45, 2.75) is 283 Å². The molecule has 2 aromatic carbocycles. The third kappa shape index (κ3) is 20.4. The van der Waals surface area contributed by atoms with E-state index in [0.29, 0.717) is 37.8 Å². The number of carbonyl (C=O) groups excluding carboxylic acids is 9. The van der Waals surface area contributed by atoms with E-state index in [9.17, 15) is 48.3 Å². The van der Waals surface area contributed by atoms with E-state index in [2.05, 4.69) is 11.1 Å². The van der Waals surface area contributed by atoms with Gasteiger partial charge in [-0.3, -0.25) is 33.8 Å². The zero-order valence-electron chi connectivity index (χ0n) is 71.0. The van der Waals surface area contributed by atoms with Crippen molar-refractivity contribution in [3.63, 3.8) is 0 Å². The summed E-state index contributed by atoms with van der Waals surface area (Å²) in [6.45, 7) is 28.2. The Hall–Kier alpha value is -7.73. The Bertz CT molecular complexity index is 3990. The van der Waals surface area contributed by atoms with Crippen molar-refractivity contribution in [2.75, 3.05) is 49.0 Å². The lowest BCUT2D eigenvalue weighted by Crippen LogP contribution is -2.61. The number of amides is 1. The number of imidazole rings is 1. The Morgan fingerprint density at radius 3 is 1.75 bits per heavy atom. The van der Waals surface area contributed by atoms with Gasteiger partial charge < -0.3 is 71.9 Å². The van der Waals surface area contributed by atoms with E-state index in [1.807, 2.05) is 110 Å². The van der Waals surface area contributed by atoms with Gasteiger partial charge in [0.1, 0.15) is 42.3 Å². The molecule has 4 saturated heterocycles. The second kappa shape index (κ2) is 39.5. The molecule has 5 aliphatic heterocycles. The summed E-state index contributed by atoms with van der Waals surface area (Å²) >= 11 is 0. The summed E-state index contributed by atoms with van der Waals surface area (Å²) in [6, 6.07) is 19.3. The van der Waals surface area contributed by atoms with Crippen LogP contribution in [0, 0.1) is 41.4 Å². The average molecular weight is 1590 g/mol. The second-order valence-corrected chi connectivity index (χ2v) is 33.0. The number of esters is 3. The van der Waals surface area contributed by atoms with Gasteiger partial charge in [-0.2, -0.15) is 0 Å². The predicted molar refractivity (Wildman–Crippen MR) is 424 cm³/mol. The number of rotatable bonds is 20. The number of methoxy groups -OCH3 is 2. The van der Waals surface area contributed by atoms with E-state index in [-0.39, 0.29) is 80.0 Å². The van der Waals surface area contributed by atoms with Gasteiger partial charge in [0.2, 0.25) is 0 Å². The van der Waals surface area contributed by atoms with Crippen LogP contribution in [-0.2, 0) is 87.3 Å². The summed E-state index contributed by atoms with van der Waals surface area (Å²) < 4.78 is 70.3. The van der Waals surface area contributed by atoms with Crippen molar-refractivity contribution in [3.05, 3.63) is 108 Å². The minimum atomic E-state index is -1.57. The molecule has 630 valence electrons. The Labute approximate surface area is 672 Å². The van der Waals surface area contributed by atoms with Gasteiger partial charge in [0.15, 0.2) is 47.2 Å². The molecule has 114 heavy (non-hydrogen) atoms. The lowest BCUT2D eigenvalue weighted by molar-refractivity contribution is -0.295. The largest absolute Gasteiger partial charge is 0.457 e. The van der Waals surface area contributed by atoms with E-state index in [0.717, 1.165) is 27.6 Å². The predicted octanol–water partition coefficient (Wildman–Crippen LogP) is 12.0. The van der Waals surface area contributed by atoms with Gasteiger partial charge >= 0.3 is 30.1 Å². The number of allylic oxidation sites excluding steroid dienone is 1.